The average Bonchev–Trinajstić information content (AvgIpc) is 2.29. The predicted octanol–water partition coefficient (Wildman–Crippen LogP) is 2.64. The molecule has 0 aliphatic heterocycles. The van der Waals surface area contributed by atoms with Crippen LogP contribution >= 0.6 is 0 Å². The first kappa shape index (κ1) is 9.54. The highest BCUT2D eigenvalue weighted by Crippen LogP contribution is 2.23. The van der Waals surface area contributed by atoms with Crippen molar-refractivity contribution < 1.29 is 4.74 Å². The molecule has 0 saturated carbocycles. The Balaban J connectivity index is 2.48. The Morgan fingerprint density at radius 1 is 1.33 bits per heavy atom. The van der Waals surface area contributed by atoms with E-state index in [1.807, 2.05) is 37.3 Å². The molecular weight excluding hydrogens is 186 g/mol. The molecule has 0 unspecified atom stereocenters. The topological polar surface area (TPSA) is 22.1 Å². The molecule has 74 valence electrons. The number of terminal acetylenes is 1. The summed E-state index contributed by atoms with van der Waals surface area (Å²) in [5.74, 6) is 3.32. The van der Waals surface area contributed by atoms with Gasteiger partial charge in [-0.05, 0) is 25.1 Å². The third-order valence-electron chi connectivity index (χ3n) is 2.15. The van der Waals surface area contributed by atoms with Gasteiger partial charge in [0, 0.05) is 11.6 Å². The zero-order chi connectivity index (χ0) is 10.7. The van der Waals surface area contributed by atoms with Crippen LogP contribution in [-0.4, -0.2) is 11.1 Å². The Bertz CT molecular complexity index is 508. The van der Waals surface area contributed by atoms with Crippen molar-refractivity contribution in [2.45, 2.75) is 13.0 Å². The van der Waals surface area contributed by atoms with Crippen LogP contribution in [0.4, 0.5) is 0 Å². The Morgan fingerprint density at radius 3 is 2.93 bits per heavy atom. The van der Waals surface area contributed by atoms with E-state index in [-0.39, 0.29) is 6.10 Å². The number of benzene rings is 1. The maximum absolute atomic E-state index is 5.60. The first-order valence-electron chi connectivity index (χ1n) is 4.78. The van der Waals surface area contributed by atoms with E-state index >= 15 is 0 Å². The lowest BCUT2D eigenvalue weighted by molar-refractivity contribution is 0.282. The van der Waals surface area contributed by atoms with E-state index in [0.29, 0.717) is 0 Å². The maximum Gasteiger partial charge on any atom is 0.156 e. The number of para-hydroxylation sites is 1. The van der Waals surface area contributed by atoms with Gasteiger partial charge in [-0.15, -0.1) is 6.42 Å². The summed E-state index contributed by atoms with van der Waals surface area (Å²) in [6, 6.07) is 9.65. The Hall–Kier alpha value is -2.01. The van der Waals surface area contributed by atoms with E-state index in [1.54, 1.807) is 6.20 Å². The first-order chi connectivity index (χ1) is 7.31. The second-order valence-electron chi connectivity index (χ2n) is 3.25. The van der Waals surface area contributed by atoms with Crippen LogP contribution in [0, 0.1) is 12.3 Å². The molecule has 0 saturated heterocycles. The molecule has 0 bridgehead atoms. The standard InChI is InChI=1S/C13H11NO/c1-3-10(2)15-13-8-9-14-12-7-5-4-6-11(12)13/h1,4-10H,2H3/t10-/m0/s1. The molecule has 0 aliphatic carbocycles. The molecule has 0 aliphatic rings. The van der Waals surface area contributed by atoms with Crippen LogP contribution in [0.25, 0.3) is 10.9 Å². The second kappa shape index (κ2) is 4.02. The molecule has 2 heteroatoms. The van der Waals surface area contributed by atoms with Gasteiger partial charge in [-0.1, -0.05) is 18.1 Å². The number of pyridine rings is 1. The highest BCUT2D eigenvalue weighted by molar-refractivity contribution is 5.84. The van der Waals surface area contributed by atoms with Crippen LogP contribution in [0.3, 0.4) is 0 Å². The van der Waals surface area contributed by atoms with Crippen LogP contribution in [0.15, 0.2) is 36.5 Å². The van der Waals surface area contributed by atoms with Crippen LogP contribution in [0.5, 0.6) is 5.75 Å². The SMILES string of the molecule is C#C[C@H](C)Oc1ccnc2ccccc12. The second-order valence-corrected chi connectivity index (χ2v) is 3.25. The number of aromatic nitrogens is 1. The fraction of sp³-hybridized carbons (Fsp3) is 0.154. The summed E-state index contributed by atoms with van der Waals surface area (Å²) in [5, 5.41) is 0.988. The zero-order valence-corrected chi connectivity index (χ0v) is 8.47. The van der Waals surface area contributed by atoms with Gasteiger partial charge >= 0.3 is 0 Å². The first-order valence-corrected chi connectivity index (χ1v) is 4.78. The number of hydrogen-bond acceptors (Lipinski definition) is 2. The summed E-state index contributed by atoms with van der Waals surface area (Å²) in [6.07, 6.45) is 6.77. The van der Waals surface area contributed by atoms with E-state index in [0.717, 1.165) is 16.7 Å². The van der Waals surface area contributed by atoms with Crippen LogP contribution < -0.4 is 4.74 Å². The van der Waals surface area contributed by atoms with Gasteiger partial charge in [-0.3, -0.25) is 4.98 Å². The number of nitrogens with zero attached hydrogens (tertiary/aromatic N) is 1. The molecule has 2 rings (SSSR count). The van der Waals surface area contributed by atoms with E-state index in [1.165, 1.54) is 0 Å². The summed E-state index contributed by atoms with van der Waals surface area (Å²) in [4.78, 5) is 4.24. The van der Waals surface area contributed by atoms with Crippen molar-refractivity contribution in [2.24, 2.45) is 0 Å². The van der Waals surface area contributed by atoms with Gasteiger partial charge in [0.2, 0.25) is 0 Å². The molecule has 2 aromatic rings. The molecule has 1 atom stereocenters. The van der Waals surface area contributed by atoms with Gasteiger partial charge < -0.3 is 4.74 Å². The fourth-order valence-corrected chi connectivity index (χ4v) is 1.40. The van der Waals surface area contributed by atoms with E-state index in [4.69, 9.17) is 11.2 Å². The van der Waals surface area contributed by atoms with Crippen molar-refractivity contribution in [3.63, 3.8) is 0 Å². The van der Waals surface area contributed by atoms with Crippen molar-refractivity contribution >= 4 is 10.9 Å². The largest absolute Gasteiger partial charge is 0.477 e. The van der Waals surface area contributed by atoms with E-state index in [2.05, 4.69) is 10.9 Å². The van der Waals surface area contributed by atoms with Crippen molar-refractivity contribution in [1.82, 2.24) is 4.98 Å². The van der Waals surface area contributed by atoms with Gasteiger partial charge in [-0.2, -0.15) is 0 Å². The smallest absolute Gasteiger partial charge is 0.156 e. The number of rotatable bonds is 2. The molecule has 15 heavy (non-hydrogen) atoms. The molecule has 1 heterocycles. The third-order valence-corrected chi connectivity index (χ3v) is 2.15. The Labute approximate surface area is 88.9 Å². The predicted molar refractivity (Wildman–Crippen MR) is 60.7 cm³/mol. The van der Waals surface area contributed by atoms with Crippen molar-refractivity contribution in [3.05, 3.63) is 36.5 Å². The maximum atomic E-state index is 5.60. The van der Waals surface area contributed by atoms with Gasteiger partial charge in [0.25, 0.3) is 0 Å². The fourth-order valence-electron chi connectivity index (χ4n) is 1.40. The molecule has 0 amide bonds. The lowest BCUT2D eigenvalue weighted by Crippen LogP contribution is -2.08. The summed E-state index contributed by atoms with van der Waals surface area (Å²) in [7, 11) is 0. The average molecular weight is 197 g/mol. The molecule has 1 aromatic carbocycles. The van der Waals surface area contributed by atoms with Crippen LogP contribution in [0.2, 0.25) is 0 Å². The monoisotopic (exact) mass is 197 g/mol. The Kier molecular flexibility index (Phi) is 2.55. The highest BCUT2D eigenvalue weighted by Gasteiger charge is 2.04. The molecular formula is C13H11NO. The minimum atomic E-state index is -0.226. The highest BCUT2D eigenvalue weighted by atomic mass is 16.5. The molecule has 0 spiro atoms. The number of hydrogen-bond donors (Lipinski definition) is 0. The molecule has 0 fully saturated rings. The van der Waals surface area contributed by atoms with Gasteiger partial charge in [-0.25, -0.2) is 0 Å². The van der Waals surface area contributed by atoms with Gasteiger partial charge in [0.05, 0.1) is 5.52 Å². The summed E-state index contributed by atoms with van der Waals surface area (Å²) in [5.41, 5.74) is 0.916. The summed E-state index contributed by atoms with van der Waals surface area (Å²) in [6.45, 7) is 1.84. The minimum absolute atomic E-state index is 0.226. The summed E-state index contributed by atoms with van der Waals surface area (Å²) >= 11 is 0. The lowest BCUT2D eigenvalue weighted by atomic mass is 10.2. The molecule has 2 nitrogen and oxygen atoms in total. The lowest BCUT2D eigenvalue weighted by Gasteiger charge is -2.10. The van der Waals surface area contributed by atoms with Crippen molar-refractivity contribution in [1.29, 1.82) is 0 Å². The Morgan fingerprint density at radius 2 is 2.13 bits per heavy atom. The molecule has 1 aromatic heterocycles. The number of ether oxygens (including phenoxy) is 1. The van der Waals surface area contributed by atoms with Crippen molar-refractivity contribution in [3.8, 4) is 18.1 Å². The number of fused-ring (bicyclic) bond motifs is 1. The van der Waals surface area contributed by atoms with Crippen LogP contribution in [0.1, 0.15) is 6.92 Å². The van der Waals surface area contributed by atoms with Gasteiger partial charge in [0.15, 0.2) is 6.10 Å². The van der Waals surface area contributed by atoms with E-state index in [9.17, 15) is 0 Å². The van der Waals surface area contributed by atoms with E-state index < -0.39 is 0 Å². The minimum Gasteiger partial charge on any atom is -0.477 e. The van der Waals surface area contributed by atoms with Crippen LogP contribution in [-0.2, 0) is 0 Å². The van der Waals surface area contributed by atoms with Gasteiger partial charge in [0.1, 0.15) is 5.75 Å². The quantitative estimate of drug-likeness (QED) is 0.690. The summed E-state index contributed by atoms with van der Waals surface area (Å²) < 4.78 is 5.60. The normalized spacial score (nSPS) is 12.0. The molecule has 0 N–H and O–H groups in total. The third kappa shape index (κ3) is 1.92. The van der Waals surface area contributed by atoms with Crippen molar-refractivity contribution in [2.75, 3.05) is 0 Å². The molecule has 0 radical (unpaired) electrons. The zero-order valence-electron chi connectivity index (χ0n) is 8.47.